The number of nitrogens with one attached hydrogen (secondary N) is 4. The molecule has 1 aromatic carbocycles. The number of ether oxygens (including phenoxy) is 3. The fourth-order valence-corrected chi connectivity index (χ4v) is 2.92. The number of carboxylic acid groups (broad SMARTS) is 1. The number of benzene rings is 1. The lowest BCUT2D eigenvalue weighted by atomic mass is 10.1. The first kappa shape index (κ1) is 31.9. The van der Waals surface area contributed by atoms with E-state index in [2.05, 4.69) is 32.6 Å². The molecule has 0 saturated heterocycles. The maximum Gasteiger partial charge on any atom is 0.506 e. The van der Waals surface area contributed by atoms with E-state index in [1.165, 1.54) is 31.2 Å². The molecule has 14 heteroatoms. The molecule has 0 heterocycles. The number of carbonyl (C=O) groups excluding carboxylic acids is 4. The van der Waals surface area contributed by atoms with Crippen molar-refractivity contribution >= 4 is 35.5 Å². The molecule has 0 aliphatic heterocycles. The van der Waals surface area contributed by atoms with Crippen LogP contribution in [-0.2, 0) is 40.0 Å². The number of primary amides is 1. The van der Waals surface area contributed by atoms with Gasteiger partial charge in [-0.1, -0.05) is 18.7 Å². The SMILES string of the molecule is C=C(COCCOC)N[C@H](C)C(=O)N[C@H](C)C(=O)N[C@H](CC(N)=O)C(=O)Nc1ccc(COC(=O)O)cc1. The van der Waals surface area contributed by atoms with Crippen LogP contribution in [0.15, 0.2) is 36.5 Å². The van der Waals surface area contributed by atoms with Crippen molar-refractivity contribution in [3.8, 4) is 0 Å². The number of rotatable bonds is 17. The summed E-state index contributed by atoms with van der Waals surface area (Å²) in [6.07, 6.45) is -1.90. The van der Waals surface area contributed by atoms with E-state index in [9.17, 15) is 24.0 Å². The number of methoxy groups -OCH3 is 1. The Morgan fingerprint density at radius 2 is 1.55 bits per heavy atom. The van der Waals surface area contributed by atoms with Crippen LogP contribution >= 0.6 is 0 Å². The summed E-state index contributed by atoms with van der Waals surface area (Å²) in [7, 11) is 1.55. The minimum absolute atomic E-state index is 0.166. The van der Waals surface area contributed by atoms with Crippen LogP contribution < -0.4 is 27.0 Å². The number of anilines is 1. The number of hydrogen-bond acceptors (Lipinski definition) is 9. The summed E-state index contributed by atoms with van der Waals surface area (Å²) in [5, 5.41) is 18.9. The van der Waals surface area contributed by atoms with Crippen LogP contribution in [0.4, 0.5) is 10.5 Å². The fraction of sp³-hybridized carbons (Fsp3) is 0.458. The Morgan fingerprint density at radius 3 is 2.13 bits per heavy atom. The summed E-state index contributed by atoms with van der Waals surface area (Å²) < 4.78 is 14.7. The molecule has 1 aromatic rings. The van der Waals surface area contributed by atoms with Crippen molar-refractivity contribution in [3.63, 3.8) is 0 Å². The van der Waals surface area contributed by atoms with Crippen molar-refractivity contribution in [2.75, 3.05) is 32.2 Å². The second-order valence-electron chi connectivity index (χ2n) is 8.22. The third-order valence-electron chi connectivity index (χ3n) is 4.90. The molecule has 1 rings (SSSR count). The zero-order valence-corrected chi connectivity index (χ0v) is 21.6. The second kappa shape index (κ2) is 16.6. The highest BCUT2D eigenvalue weighted by Gasteiger charge is 2.27. The summed E-state index contributed by atoms with van der Waals surface area (Å²) >= 11 is 0. The van der Waals surface area contributed by atoms with Crippen molar-refractivity contribution in [2.24, 2.45) is 5.73 Å². The maximum absolute atomic E-state index is 12.7. The molecule has 4 amide bonds. The highest BCUT2D eigenvalue weighted by atomic mass is 16.7. The number of nitrogens with two attached hydrogens (primary N) is 1. The minimum Gasteiger partial charge on any atom is -0.450 e. The molecule has 14 nitrogen and oxygen atoms in total. The van der Waals surface area contributed by atoms with Gasteiger partial charge in [-0.25, -0.2) is 4.79 Å². The summed E-state index contributed by atoms with van der Waals surface area (Å²) in [6, 6.07) is 2.96. The molecule has 3 atom stereocenters. The van der Waals surface area contributed by atoms with Gasteiger partial charge in [0.2, 0.25) is 23.6 Å². The van der Waals surface area contributed by atoms with E-state index in [-0.39, 0.29) is 13.2 Å². The van der Waals surface area contributed by atoms with Gasteiger partial charge in [0.25, 0.3) is 0 Å². The molecule has 0 unspecified atom stereocenters. The van der Waals surface area contributed by atoms with Gasteiger partial charge in [0.15, 0.2) is 0 Å². The molecule has 0 spiro atoms. The van der Waals surface area contributed by atoms with E-state index in [1.54, 1.807) is 14.0 Å². The van der Waals surface area contributed by atoms with Gasteiger partial charge in [-0.3, -0.25) is 19.2 Å². The summed E-state index contributed by atoms with van der Waals surface area (Å²) in [5.41, 5.74) is 6.57. The Balaban J connectivity index is 2.66. The third kappa shape index (κ3) is 12.7. The monoisotopic (exact) mass is 537 g/mol. The molecule has 0 fully saturated rings. The van der Waals surface area contributed by atoms with E-state index in [4.69, 9.17) is 20.3 Å². The Bertz CT molecular complexity index is 984. The van der Waals surface area contributed by atoms with Gasteiger partial charge in [0.1, 0.15) is 24.7 Å². The Kier molecular flexibility index (Phi) is 13.9. The lowest BCUT2D eigenvalue weighted by molar-refractivity contribution is -0.132. The molecule has 0 bridgehead atoms. The predicted molar refractivity (Wildman–Crippen MR) is 136 cm³/mol. The molecule has 7 N–H and O–H groups in total. The zero-order chi connectivity index (χ0) is 28.7. The first-order valence-electron chi connectivity index (χ1n) is 11.6. The highest BCUT2D eigenvalue weighted by molar-refractivity contribution is 6.00. The van der Waals surface area contributed by atoms with Crippen molar-refractivity contribution in [1.29, 1.82) is 0 Å². The normalized spacial score (nSPS) is 12.8. The van der Waals surface area contributed by atoms with Gasteiger partial charge < -0.3 is 46.3 Å². The van der Waals surface area contributed by atoms with E-state index in [0.717, 1.165) is 0 Å². The second-order valence-corrected chi connectivity index (χ2v) is 8.22. The molecule has 0 saturated carbocycles. The minimum atomic E-state index is -1.42. The van der Waals surface area contributed by atoms with Gasteiger partial charge in [-0.2, -0.15) is 0 Å². The highest BCUT2D eigenvalue weighted by Crippen LogP contribution is 2.11. The van der Waals surface area contributed by atoms with Crippen LogP contribution in [-0.4, -0.2) is 79.9 Å². The van der Waals surface area contributed by atoms with Gasteiger partial charge in [-0.15, -0.1) is 0 Å². The topological polar surface area (TPSA) is 207 Å². The molecule has 0 aromatic heterocycles. The van der Waals surface area contributed by atoms with Crippen molar-refractivity contribution < 1.29 is 43.3 Å². The van der Waals surface area contributed by atoms with Crippen LogP contribution in [0.2, 0.25) is 0 Å². The van der Waals surface area contributed by atoms with Crippen molar-refractivity contribution in [2.45, 2.75) is 45.0 Å². The molecular weight excluding hydrogens is 502 g/mol. The van der Waals surface area contributed by atoms with Crippen LogP contribution in [0.25, 0.3) is 0 Å². The van der Waals surface area contributed by atoms with Crippen LogP contribution in [0.3, 0.4) is 0 Å². The summed E-state index contributed by atoms with van der Waals surface area (Å²) in [6.45, 7) is 7.54. The fourth-order valence-electron chi connectivity index (χ4n) is 2.92. The summed E-state index contributed by atoms with van der Waals surface area (Å²) in [4.78, 5) is 59.8. The molecular formula is C24H35N5O9. The lowest BCUT2D eigenvalue weighted by Gasteiger charge is -2.22. The van der Waals surface area contributed by atoms with E-state index < -0.39 is 54.3 Å². The van der Waals surface area contributed by atoms with Crippen LogP contribution in [0.5, 0.6) is 0 Å². The van der Waals surface area contributed by atoms with Crippen LogP contribution in [0, 0.1) is 0 Å². The molecule has 0 aliphatic rings. The largest absolute Gasteiger partial charge is 0.506 e. The standard InChI is InChI=1S/C24H35N5O9/c1-14(12-37-10-9-36-4)26-15(2)21(31)27-16(3)22(32)29-19(11-20(25)30)23(33)28-18-7-5-17(6-8-18)13-38-24(34)35/h5-8,15-16,19,26H,1,9-13H2,2-4H3,(H2,25,30)(H,27,31)(H,28,33)(H,29,32)(H,34,35)/t15-,16-,19-/m1/s1. The first-order chi connectivity index (χ1) is 17.9. The smallest absolute Gasteiger partial charge is 0.450 e. The Morgan fingerprint density at radius 1 is 0.947 bits per heavy atom. The molecule has 0 aliphatic carbocycles. The van der Waals surface area contributed by atoms with E-state index in [1.807, 2.05) is 0 Å². The number of carbonyl (C=O) groups is 5. The molecule has 38 heavy (non-hydrogen) atoms. The van der Waals surface area contributed by atoms with Gasteiger partial charge >= 0.3 is 6.16 Å². The Hall–Kier alpha value is -4.17. The van der Waals surface area contributed by atoms with Crippen molar-refractivity contribution in [3.05, 3.63) is 42.1 Å². The lowest BCUT2D eigenvalue weighted by Crippen LogP contribution is -2.54. The zero-order valence-electron chi connectivity index (χ0n) is 21.6. The predicted octanol–water partition coefficient (Wildman–Crippen LogP) is -0.161. The average molecular weight is 538 g/mol. The average Bonchev–Trinajstić information content (AvgIpc) is 2.85. The quantitative estimate of drug-likeness (QED) is 0.114. The van der Waals surface area contributed by atoms with E-state index >= 15 is 0 Å². The third-order valence-corrected chi connectivity index (χ3v) is 4.90. The Labute approximate surface area is 220 Å². The van der Waals surface area contributed by atoms with Crippen LogP contribution in [0.1, 0.15) is 25.8 Å². The maximum atomic E-state index is 12.7. The number of hydrogen-bond donors (Lipinski definition) is 6. The van der Waals surface area contributed by atoms with E-state index in [0.29, 0.717) is 30.2 Å². The first-order valence-corrected chi connectivity index (χ1v) is 11.6. The van der Waals surface area contributed by atoms with Gasteiger partial charge in [0.05, 0.1) is 26.2 Å². The van der Waals surface area contributed by atoms with Gasteiger partial charge in [0, 0.05) is 18.5 Å². The molecule has 210 valence electrons. The van der Waals surface area contributed by atoms with Gasteiger partial charge in [-0.05, 0) is 31.5 Å². The van der Waals surface area contributed by atoms with Crippen molar-refractivity contribution in [1.82, 2.24) is 16.0 Å². The number of amides is 4. The molecule has 0 radical (unpaired) electrons. The summed E-state index contributed by atoms with van der Waals surface area (Å²) in [5.74, 6) is -2.76.